The molecule has 0 bridgehead atoms. The summed E-state index contributed by atoms with van der Waals surface area (Å²) in [5.74, 6) is -2.21. The van der Waals surface area contributed by atoms with Crippen LogP contribution in [0.25, 0.3) is 0 Å². The number of nitrogens with zero attached hydrogens (tertiary/aromatic N) is 1. The van der Waals surface area contributed by atoms with E-state index >= 15 is 0 Å². The molecular weight excluding hydrogens is 719 g/mol. The Bertz CT molecular complexity index is 1670. The van der Waals surface area contributed by atoms with Crippen molar-refractivity contribution in [3.63, 3.8) is 0 Å². The van der Waals surface area contributed by atoms with Crippen LogP contribution in [-0.2, 0) is 12.4 Å². The summed E-state index contributed by atoms with van der Waals surface area (Å²) >= 11 is 12.2. The summed E-state index contributed by atoms with van der Waals surface area (Å²) in [7, 11) is 0. The van der Waals surface area contributed by atoms with E-state index in [2.05, 4.69) is 10.6 Å². The molecule has 274 valence electrons. The molecule has 0 spiro atoms. The smallest absolute Gasteiger partial charge is 0.349 e. The van der Waals surface area contributed by atoms with E-state index in [1.807, 2.05) is 0 Å². The summed E-state index contributed by atoms with van der Waals surface area (Å²) in [6, 6.07) is 11.2. The van der Waals surface area contributed by atoms with E-state index in [9.17, 15) is 40.7 Å². The molecule has 0 saturated heterocycles. The lowest BCUT2D eigenvalue weighted by atomic mass is 10.0. The fourth-order valence-corrected chi connectivity index (χ4v) is 7.49. The molecule has 2 saturated carbocycles. The van der Waals surface area contributed by atoms with Crippen molar-refractivity contribution >= 4 is 52.3 Å². The van der Waals surface area contributed by atoms with E-state index in [4.69, 9.17) is 23.2 Å². The van der Waals surface area contributed by atoms with Crippen molar-refractivity contribution < 1.29 is 40.7 Å². The lowest BCUT2D eigenvalue weighted by Crippen LogP contribution is -2.35. The average molecular weight is 757 g/mol. The van der Waals surface area contributed by atoms with Crippen LogP contribution in [0.1, 0.15) is 119 Å². The highest BCUT2D eigenvalue weighted by Gasteiger charge is 2.47. The molecular formula is C37H37Cl2F6N3O3. The van der Waals surface area contributed by atoms with E-state index < -0.39 is 56.8 Å². The third-order valence-corrected chi connectivity index (χ3v) is 10.0. The van der Waals surface area contributed by atoms with E-state index in [-0.39, 0.29) is 40.7 Å². The minimum Gasteiger partial charge on any atom is -0.349 e. The average Bonchev–Trinajstić information content (AvgIpc) is 3.49. The number of halogens is 8. The molecule has 0 heterocycles. The van der Waals surface area contributed by atoms with Crippen LogP contribution in [0.5, 0.6) is 0 Å². The number of carbonyl (C=O) groups is 3. The number of carbonyl (C=O) groups excluding carboxylic acids is 3. The number of rotatable bonds is 7. The zero-order valence-electron chi connectivity index (χ0n) is 27.5. The molecule has 3 aromatic carbocycles. The first-order valence-electron chi connectivity index (χ1n) is 17.0. The van der Waals surface area contributed by atoms with Crippen molar-refractivity contribution in [3.05, 3.63) is 92.5 Å². The van der Waals surface area contributed by atoms with Gasteiger partial charge in [-0.3, -0.25) is 19.3 Å². The third kappa shape index (κ3) is 9.37. The van der Waals surface area contributed by atoms with Crippen molar-refractivity contribution in [3.8, 4) is 0 Å². The first-order chi connectivity index (χ1) is 24.1. The highest BCUT2D eigenvalue weighted by Crippen LogP contribution is 2.48. The zero-order chi connectivity index (χ0) is 36.9. The highest BCUT2D eigenvalue weighted by atomic mass is 35.5. The lowest BCUT2D eigenvalue weighted by molar-refractivity contribution is -0.162. The zero-order valence-corrected chi connectivity index (χ0v) is 29.0. The Morgan fingerprint density at radius 1 is 0.627 bits per heavy atom. The maximum atomic E-state index is 14.4. The first kappa shape index (κ1) is 38.5. The Balaban J connectivity index is 1.60. The molecule has 3 aromatic rings. The van der Waals surface area contributed by atoms with E-state index in [0.29, 0.717) is 0 Å². The predicted molar refractivity (Wildman–Crippen MR) is 184 cm³/mol. The third-order valence-electron chi connectivity index (χ3n) is 9.34. The van der Waals surface area contributed by atoms with Crippen LogP contribution < -0.4 is 15.5 Å². The van der Waals surface area contributed by atoms with Crippen LogP contribution in [0.15, 0.2) is 54.6 Å². The summed E-state index contributed by atoms with van der Waals surface area (Å²) in [6.07, 6.45) is 0.0772. The normalized spacial score (nSPS) is 16.5. The van der Waals surface area contributed by atoms with E-state index in [0.717, 1.165) is 81.9 Å². The molecule has 2 aliphatic rings. The number of amides is 3. The molecule has 0 atom stereocenters. The molecule has 51 heavy (non-hydrogen) atoms. The second-order valence-corrected chi connectivity index (χ2v) is 13.8. The number of hydrogen-bond acceptors (Lipinski definition) is 3. The van der Waals surface area contributed by atoms with E-state index in [1.165, 1.54) is 48.5 Å². The maximum absolute atomic E-state index is 14.4. The second-order valence-electron chi connectivity index (χ2n) is 13.0. The fourth-order valence-electron chi connectivity index (χ4n) is 6.77. The SMILES string of the molecule is O=C(NC1CCCCCC1)c1cccc(N(C(=O)c2c(Cl)cc(C(F)(F)F)c(C(F)(F)F)c2Cl)c2cccc(C(=O)NC3CCCCCC3)c2)c1. The van der Waals surface area contributed by atoms with Gasteiger partial charge in [-0.25, -0.2) is 0 Å². The van der Waals surface area contributed by atoms with Gasteiger partial charge in [-0.2, -0.15) is 26.3 Å². The van der Waals surface area contributed by atoms with Gasteiger partial charge in [-0.15, -0.1) is 0 Å². The highest BCUT2D eigenvalue weighted by molar-refractivity contribution is 6.41. The number of benzene rings is 3. The number of nitrogens with one attached hydrogen (secondary N) is 2. The van der Waals surface area contributed by atoms with Gasteiger partial charge in [0.25, 0.3) is 17.7 Å². The number of alkyl halides is 6. The summed E-state index contributed by atoms with van der Waals surface area (Å²) in [5, 5.41) is 3.49. The van der Waals surface area contributed by atoms with Crippen LogP contribution in [0, 0.1) is 0 Å². The molecule has 2 N–H and O–H groups in total. The summed E-state index contributed by atoms with van der Waals surface area (Å²) in [4.78, 5) is 42.1. The van der Waals surface area contributed by atoms with Crippen molar-refractivity contribution in [1.82, 2.24) is 10.6 Å². The lowest BCUT2D eigenvalue weighted by Gasteiger charge is -2.27. The van der Waals surface area contributed by atoms with Gasteiger partial charge in [0.2, 0.25) is 0 Å². The van der Waals surface area contributed by atoms with Gasteiger partial charge < -0.3 is 10.6 Å². The predicted octanol–water partition coefficient (Wildman–Crippen LogP) is 10.9. The Hall–Kier alpha value is -3.77. The second kappa shape index (κ2) is 16.3. The van der Waals surface area contributed by atoms with Crippen molar-refractivity contribution in [2.75, 3.05) is 4.90 Å². The van der Waals surface area contributed by atoms with Gasteiger partial charge in [0.05, 0.1) is 38.1 Å². The fraction of sp³-hybridized carbons (Fsp3) is 0.432. The minimum atomic E-state index is -5.61. The maximum Gasteiger partial charge on any atom is 0.418 e. The van der Waals surface area contributed by atoms with Crippen LogP contribution in [0.4, 0.5) is 37.7 Å². The van der Waals surface area contributed by atoms with Crippen molar-refractivity contribution in [1.29, 1.82) is 0 Å². The molecule has 0 radical (unpaired) electrons. The van der Waals surface area contributed by atoms with E-state index in [1.54, 1.807) is 0 Å². The van der Waals surface area contributed by atoms with Crippen LogP contribution in [-0.4, -0.2) is 29.8 Å². The van der Waals surface area contributed by atoms with Crippen LogP contribution in [0.3, 0.4) is 0 Å². The number of anilines is 2. The van der Waals surface area contributed by atoms with Gasteiger partial charge in [0.1, 0.15) is 0 Å². The van der Waals surface area contributed by atoms with Gasteiger partial charge in [-0.1, -0.05) is 86.7 Å². The largest absolute Gasteiger partial charge is 0.418 e. The molecule has 2 fully saturated rings. The monoisotopic (exact) mass is 755 g/mol. The van der Waals surface area contributed by atoms with Gasteiger partial charge in [-0.05, 0) is 68.1 Å². The molecule has 2 aliphatic carbocycles. The van der Waals surface area contributed by atoms with Crippen LogP contribution >= 0.6 is 23.2 Å². The van der Waals surface area contributed by atoms with Gasteiger partial charge >= 0.3 is 12.4 Å². The molecule has 3 amide bonds. The summed E-state index contributed by atoms with van der Waals surface area (Å²) < 4.78 is 83.8. The quantitative estimate of drug-likeness (QED) is 0.186. The Kier molecular flexibility index (Phi) is 12.3. The first-order valence-corrected chi connectivity index (χ1v) is 17.7. The topological polar surface area (TPSA) is 78.5 Å². The summed E-state index contributed by atoms with van der Waals surface area (Å²) in [5.41, 5.74) is -5.28. The molecule has 5 rings (SSSR count). The van der Waals surface area contributed by atoms with Gasteiger partial charge in [0, 0.05) is 23.2 Å². The van der Waals surface area contributed by atoms with Crippen molar-refractivity contribution in [2.45, 2.75) is 101 Å². The van der Waals surface area contributed by atoms with Crippen LogP contribution in [0.2, 0.25) is 10.0 Å². The Morgan fingerprint density at radius 3 is 1.45 bits per heavy atom. The molecule has 0 aromatic heterocycles. The van der Waals surface area contributed by atoms with Crippen molar-refractivity contribution in [2.24, 2.45) is 0 Å². The summed E-state index contributed by atoms with van der Waals surface area (Å²) in [6.45, 7) is 0. The standard InChI is InChI=1S/C37H37Cl2F6N3O3/c38-29-21-28(36(40,41)42)31(37(43,44)45)32(39)30(29)35(51)48(26-17-9-11-22(19-26)33(49)46-24-13-5-1-2-6-14-24)27-18-10-12-23(20-27)34(50)47-25-15-7-3-4-8-16-25/h9-12,17-21,24-25H,1-8,13-16H2,(H,46,49)(H,47,50). The minimum absolute atomic E-state index is 0.0227. The molecule has 0 unspecified atom stereocenters. The Labute approximate surface area is 301 Å². The number of hydrogen-bond donors (Lipinski definition) is 2. The molecule has 6 nitrogen and oxygen atoms in total. The molecule has 14 heteroatoms. The molecule has 0 aliphatic heterocycles. The Morgan fingerprint density at radius 2 is 1.06 bits per heavy atom. The van der Waals surface area contributed by atoms with Gasteiger partial charge in [0.15, 0.2) is 0 Å².